The van der Waals surface area contributed by atoms with E-state index in [2.05, 4.69) is 10.6 Å². The predicted molar refractivity (Wildman–Crippen MR) is 92.6 cm³/mol. The van der Waals surface area contributed by atoms with E-state index in [4.69, 9.17) is 4.74 Å². The van der Waals surface area contributed by atoms with Gasteiger partial charge in [-0.2, -0.15) is 0 Å². The summed E-state index contributed by atoms with van der Waals surface area (Å²) in [5.74, 6) is -1.84. The van der Waals surface area contributed by atoms with E-state index in [0.717, 1.165) is 0 Å². The van der Waals surface area contributed by atoms with Crippen molar-refractivity contribution in [2.24, 2.45) is 0 Å². The van der Waals surface area contributed by atoms with E-state index < -0.39 is 29.8 Å². The second kappa shape index (κ2) is 9.31. The van der Waals surface area contributed by atoms with Crippen LogP contribution in [-0.2, 0) is 20.7 Å². The van der Waals surface area contributed by atoms with Crippen LogP contribution in [0, 0.1) is 5.82 Å². The molecule has 0 aliphatic heterocycles. The number of nitrogens with one attached hydrogen (secondary N) is 2. The maximum atomic E-state index is 12.9. The summed E-state index contributed by atoms with van der Waals surface area (Å²) in [6, 6.07) is 13.1. The Balaban J connectivity index is 2.10. The van der Waals surface area contributed by atoms with Gasteiger partial charge in [0, 0.05) is 12.1 Å². The zero-order chi connectivity index (χ0) is 18.9. The summed E-state index contributed by atoms with van der Waals surface area (Å²) in [4.78, 5) is 36.1. The molecule has 0 radical (unpaired) electrons. The molecule has 0 fully saturated rings. The molecule has 7 heteroatoms. The summed E-state index contributed by atoms with van der Waals surface area (Å²) < 4.78 is 18.2. The van der Waals surface area contributed by atoms with Crippen LogP contribution in [0.5, 0.6) is 0 Å². The quantitative estimate of drug-likeness (QED) is 0.777. The number of carbonyl (C=O) groups is 3. The second-order valence-electron chi connectivity index (χ2n) is 5.43. The monoisotopic (exact) mass is 358 g/mol. The third-order valence-electron chi connectivity index (χ3n) is 3.43. The molecule has 3 amide bonds. The summed E-state index contributed by atoms with van der Waals surface area (Å²) in [5.41, 5.74) is 0.981. The molecule has 0 unspecified atom stereocenters. The number of imide groups is 1. The van der Waals surface area contributed by atoms with E-state index in [1.807, 2.05) is 0 Å². The minimum atomic E-state index is -1.27. The highest BCUT2D eigenvalue weighted by atomic mass is 19.1. The highest BCUT2D eigenvalue weighted by Gasteiger charge is 2.26. The van der Waals surface area contributed by atoms with E-state index in [0.29, 0.717) is 17.7 Å². The molecule has 0 aliphatic rings. The number of benzene rings is 2. The normalized spacial score (nSPS) is 11.3. The topological polar surface area (TPSA) is 84.5 Å². The highest BCUT2D eigenvalue weighted by Crippen LogP contribution is 2.18. The number of halogens is 1. The standard InChI is InChI=1S/C19H19FN2O4/c1-2-21-19(25)22-18(24)17(14-6-4-3-5-7-14)26-16(23)12-13-8-10-15(20)11-9-13/h3-11,17H,2,12H2,1H3,(H2,21,22,24,25)/t17-/m1/s1. The van der Waals surface area contributed by atoms with Gasteiger partial charge >= 0.3 is 12.0 Å². The smallest absolute Gasteiger partial charge is 0.321 e. The van der Waals surface area contributed by atoms with Crippen LogP contribution in [0.1, 0.15) is 24.2 Å². The van der Waals surface area contributed by atoms with Crippen LogP contribution in [0.25, 0.3) is 0 Å². The van der Waals surface area contributed by atoms with Crippen LogP contribution in [0.2, 0.25) is 0 Å². The van der Waals surface area contributed by atoms with Gasteiger partial charge in [0.2, 0.25) is 6.10 Å². The fourth-order valence-corrected chi connectivity index (χ4v) is 2.22. The number of urea groups is 1. The lowest BCUT2D eigenvalue weighted by Crippen LogP contribution is -2.42. The van der Waals surface area contributed by atoms with E-state index >= 15 is 0 Å². The average Bonchev–Trinajstić information content (AvgIpc) is 2.62. The van der Waals surface area contributed by atoms with Crippen molar-refractivity contribution in [3.63, 3.8) is 0 Å². The predicted octanol–water partition coefficient (Wildman–Crippen LogP) is 2.50. The summed E-state index contributed by atoms with van der Waals surface area (Å²) >= 11 is 0. The van der Waals surface area contributed by atoms with Crippen molar-refractivity contribution in [2.75, 3.05) is 6.54 Å². The van der Waals surface area contributed by atoms with Gasteiger partial charge in [-0.15, -0.1) is 0 Å². The largest absolute Gasteiger partial charge is 0.447 e. The molecule has 2 aromatic carbocycles. The Morgan fingerprint density at radius 2 is 1.69 bits per heavy atom. The van der Waals surface area contributed by atoms with Gasteiger partial charge in [0.1, 0.15) is 5.82 Å². The SMILES string of the molecule is CCNC(=O)NC(=O)[C@H](OC(=O)Cc1ccc(F)cc1)c1ccccc1. The van der Waals surface area contributed by atoms with Gasteiger partial charge in [0.15, 0.2) is 0 Å². The zero-order valence-corrected chi connectivity index (χ0v) is 14.2. The van der Waals surface area contributed by atoms with Crippen molar-refractivity contribution in [3.8, 4) is 0 Å². The third kappa shape index (κ3) is 5.70. The third-order valence-corrected chi connectivity index (χ3v) is 3.43. The molecule has 1 atom stereocenters. The Kier molecular flexibility index (Phi) is 6.84. The van der Waals surface area contributed by atoms with E-state index in [-0.39, 0.29) is 6.42 Å². The van der Waals surface area contributed by atoms with Crippen LogP contribution < -0.4 is 10.6 Å². The molecular weight excluding hydrogens is 339 g/mol. The van der Waals surface area contributed by atoms with Crippen molar-refractivity contribution in [3.05, 3.63) is 71.5 Å². The van der Waals surface area contributed by atoms with E-state index in [9.17, 15) is 18.8 Å². The first kappa shape index (κ1) is 19.1. The Labute approximate surface area is 150 Å². The average molecular weight is 358 g/mol. The Morgan fingerprint density at radius 3 is 2.31 bits per heavy atom. The minimum Gasteiger partial charge on any atom is -0.447 e. The van der Waals surface area contributed by atoms with E-state index in [1.165, 1.54) is 24.3 Å². The molecule has 0 saturated heterocycles. The number of hydrogen-bond acceptors (Lipinski definition) is 4. The molecule has 136 valence electrons. The lowest BCUT2D eigenvalue weighted by Gasteiger charge is -2.17. The van der Waals surface area contributed by atoms with Gasteiger partial charge in [0.25, 0.3) is 5.91 Å². The van der Waals surface area contributed by atoms with Crippen molar-refractivity contribution >= 4 is 17.9 Å². The Morgan fingerprint density at radius 1 is 1.04 bits per heavy atom. The fraction of sp³-hybridized carbons (Fsp3) is 0.211. The number of carbonyl (C=O) groups excluding carboxylic acids is 3. The van der Waals surface area contributed by atoms with Crippen molar-refractivity contribution in [1.29, 1.82) is 0 Å². The summed E-state index contributed by atoms with van der Waals surface area (Å²) in [5, 5.41) is 4.57. The van der Waals surface area contributed by atoms with Gasteiger partial charge in [-0.3, -0.25) is 14.9 Å². The zero-order valence-electron chi connectivity index (χ0n) is 14.2. The molecule has 2 rings (SSSR count). The van der Waals surface area contributed by atoms with Crippen molar-refractivity contribution in [1.82, 2.24) is 10.6 Å². The first-order chi connectivity index (χ1) is 12.5. The molecule has 0 aliphatic carbocycles. The van der Waals surface area contributed by atoms with Crippen LogP contribution in [0.3, 0.4) is 0 Å². The summed E-state index contributed by atoms with van der Waals surface area (Å²) in [7, 11) is 0. The molecule has 2 N–H and O–H groups in total. The molecule has 0 bridgehead atoms. The summed E-state index contributed by atoms with van der Waals surface area (Å²) in [6.45, 7) is 2.06. The van der Waals surface area contributed by atoms with Gasteiger partial charge in [-0.25, -0.2) is 9.18 Å². The number of amides is 3. The first-order valence-electron chi connectivity index (χ1n) is 8.07. The Bertz CT molecular complexity index is 763. The maximum absolute atomic E-state index is 12.9. The number of hydrogen-bond donors (Lipinski definition) is 2. The number of esters is 1. The van der Waals surface area contributed by atoms with Gasteiger partial charge in [-0.1, -0.05) is 42.5 Å². The van der Waals surface area contributed by atoms with Crippen LogP contribution in [-0.4, -0.2) is 24.5 Å². The molecule has 2 aromatic rings. The van der Waals surface area contributed by atoms with Crippen molar-refractivity contribution in [2.45, 2.75) is 19.4 Å². The van der Waals surface area contributed by atoms with E-state index in [1.54, 1.807) is 37.3 Å². The molecule has 0 saturated carbocycles. The molecule has 0 spiro atoms. The van der Waals surface area contributed by atoms with Crippen molar-refractivity contribution < 1.29 is 23.5 Å². The second-order valence-corrected chi connectivity index (χ2v) is 5.43. The molecule has 0 aromatic heterocycles. The minimum absolute atomic E-state index is 0.127. The number of ether oxygens (including phenoxy) is 1. The molecule has 26 heavy (non-hydrogen) atoms. The molecule has 0 heterocycles. The maximum Gasteiger partial charge on any atom is 0.321 e. The van der Waals surface area contributed by atoms with Gasteiger partial charge < -0.3 is 10.1 Å². The summed E-state index contributed by atoms with van der Waals surface area (Å²) in [6.07, 6.45) is -1.40. The Hall–Kier alpha value is -3.22. The van der Waals surface area contributed by atoms with Gasteiger partial charge in [0.05, 0.1) is 6.42 Å². The number of rotatable bonds is 6. The van der Waals surface area contributed by atoms with Crippen LogP contribution in [0.4, 0.5) is 9.18 Å². The van der Waals surface area contributed by atoms with Gasteiger partial charge in [-0.05, 0) is 24.6 Å². The molecule has 6 nitrogen and oxygen atoms in total. The lowest BCUT2D eigenvalue weighted by molar-refractivity contribution is -0.155. The molecular formula is C19H19FN2O4. The van der Waals surface area contributed by atoms with Crippen LogP contribution in [0.15, 0.2) is 54.6 Å². The van der Waals surface area contributed by atoms with Crippen LogP contribution >= 0.6 is 0 Å². The lowest BCUT2D eigenvalue weighted by atomic mass is 10.1. The highest BCUT2D eigenvalue weighted by molar-refractivity contribution is 5.97. The fourth-order valence-electron chi connectivity index (χ4n) is 2.22. The first-order valence-corrected chi connectivity index (χ1v) is 8.07.